The first-order valence-corrected chi connectivity index (χ1v) is 5.07. The van der Waals surface area contributed by atoms with Gasteiger partial charge in [0, 0.05) is 12.7 Å². The van der Waals surface area contributed by atoms with Crippen LogP contribution in [-0.4, -0.2) is 31.3 Å². The van der Waals surface area contributed by atoms with Crippen LogP contribution in [0.2, 0.25) is 0 Å². The van der Waals surface area contributed by atoms with Crippen molar-refractivity contribution in [1.29, 1.82) is 0 Å². The van der Waals surface area contributed by atoms with Crippen LogP contribution < -0.4 is 9.64 Å². The summed E-state index contributed by atoms with van der Waals surface area (Å²) in [5, 5.41) is 8.92. The first-order valence-electron chi connectivity index (χ1n) is 5.07. The average Bonchev–Trinajstić information content (AvgIpc) is 2.26. The number of nitrogens with zero attached hydrogens (tertiary/aromatic N) is 1. The predicted molar refractivity (Wildman–Crippen MR) is 63.2 cm³/mol. The molecule has 0 heterocycles. The van der Waals surface area contributed by atoms with E-state index in [1.165, 1.54) is 0 Å². The lowest BCUT2D eigenvalue weighted by atomic mass is 10.1. The third kappa shape index (κ3) is 2.45. The van der Waals surface area contributed by atoms with Crippen LogP contribution in [-0.2, 0) is 4.79 Å². The Bertz CT molecular complexity index is 390. The Kier molecular flexibility index (Phi) is 3.77. The molecule has 0 aliphatic heterocycles. The van der Waals surface area contributed by atoms with Gasteiger partial charge in [-0.05, 0) is 37.6 Å². The normalized spacial score (nSPS) is 12.0. The number of rotatable bonds is 4. The second-order valence-corrected chi connectivity index (χ2v) is 3.78. The Balaban J connectivity index is 2.97. The molecular formula is C12H17NO3. The fourth-order valence-electron chi connectivity index (χ4n) is 1.47. The van der Waals surface area contributed by atoms with Gasteiger partial charge in [-0.2, -0.15) is 0 Å². The van der Waals surface area contributed by atoms with Gasteiger partial charge in [-0.1, -0.05) is 0 Å². The maximum absolute atomic E-state index is 10.9. The highest BCUT2D eigenvalue weighted by Crippen LogP contribution is 2.24. The number of methoxy groups -OCH3 is 1. The lowest BCUT2D eigenvalue weighted by molar-refractivity contribution is -0.138. The fraction of sp³-hybridized carbons (Fsp3) is 0.417. The standard InChI is InChI=1S/C12H17NO3/c1-8-7-10(5-6-11(8)16-4)13(3)9(2)12(14)15/h5-7,9H,1-4H3,(H,14,15). The van der Waals surface area contributed by atoms with Crippen molar-refractivity contribution in [3.05, 3.63) is 23.8 Å². The van der Waals surface area contributed by atoms with Gasteiger partial charge < -0.3 is 14.7 Å². The first-order chi connectivity index (χ1) is 7.47. The Labute approximate surface area is 95.5 Å². The number of hydrogen-bond donors (Lipinski definition) is 1. The summed E-state index contributed by atoms with van der Waals surface area (Å²) < 4.78 is 5.15. The van der Waals surface area contributed by atoms with Crippen LogP contribution >= 0.6 is 0 Å². The molecule has 0 aliphatic carbocycles. The molecule has 1 aromatic carbocycles. The lowest BCUT2D eigenvalue weighted by Gasteiger charge is -2.24. The molecule has 0 fully saturated rings. The number of likely N-dealkylation sites (N-methyl/N-ethyl adjacent to an activating group) is 1. The van der Waals surface area contributed by atoms with Gasteiger partial charge in [-0.15, -0.1) is 0 Å². The van der Waals surface area contributed by atoms with Crippen LogP contribution in [0.1, 0.15) is 12.5 Å². The van der Waals surface area contributed by atoms with Crippen molar-refractivity contribution >= 4 is 11.7 Å². The summed E-state index contributed by atoms with van der Waals surface area (Å²) in [6.45, 7) is 3.59. The number of benzene rings is 1. The monoisotopic (exact) mass is 223 g/mol. The topological polar surface area (TPSA) is 49.8 Å². The van der Waals surface area contributed by atoms with Crippen molar-refractivity contribution in [2.24, 2.45) is 0 Å². The van der Waals surface area contributed by atoms with Crippen molar-refractivity contribution in [1.82, 2.24) is 0 Å². The van der Waals surface area contributed by atoms with Crippen molar-refractivity contribution < 1.29 is 14.6 Å². The Morgan fingerprint density at radius 1 is 1.50 bits per heavy atom. The number of carboxylic acid groups (broad SMARTS) is 1. The van der Waals surface area contributed by atoms with E-state index in [4.69, 9.17) is 9.84 Å². The zero-order valence-corrected chi connectivity index (χ0v) is 10.0. The van der Waals surface area contributed by atoms with Crippen molar-refractivity contribution in [3.8, 4) is 5.75 Å². The summed E-state index contributed by atoms with van der Waals surface area (Å²) in [5.41, 5.74) is 1.86. The number of carboxylic acids is 1. The molecule has 0 amide bonds. The maximum atomic E-state index is 10.9. The van der Waals surface area contributed by atoms with E-state index in [1.54, 1.807) is 26.0 Å². The van der Waals surface area contributed by atoms with E-state index in [-0.39, 0.29) is 0 Å². The average molecular weight is 223 g/mol. The highest BCUT2D eigenvalue weighted by atomic mass is 16.5. The lowest BCUT2D eigenvalue weighted by Crippen LogP contribution is -2.35. The largest absolute Gasteiger partial charge is 0.496 e. The van der Waals surface area contributed by atoms with E-state index in [1.807, 2.05) is 25.1 Å². The smallest absolute Gasteiger partial charge is 0.326 e. The minimum absolute atomic E-state index is 0.548. The number of aryl methyl sites for hydroxylation is 1. The van der Waals surface area contributed by atoms with Gasteiger partial charge >= 0.3 is 5.97 Å². The van der Waals surface area contributed by atoms with E-state index in [0.29, 0.717) is 0 Å². The zero-order valence-electron chi connectivity index (χ0n) is 10.0. The van der Waals surface area contributed by atoms with Gasteiger partial charge in [0.2, 0.25) is 0 Å². The van der Waals surface area contributed by atoms with Crippen LogP contribution in [0.25, 0.3) is 0 Å². The fourth-order valence-corrected chi connectivity index (χ4v) is 1.47. The summed E-state index contributed by atoms with van der Waals surface area (Å²) in [6.07, 6.45) is 0. The van der Waals surface area contributed by atoms with Crippen LogP contribution in [0.4, 0.5) is 5.69 Å². The molecular weight excluding hydrogens is 206 g/mol. The number of anilines is 1. The molecule has 1 N–H and O–H groups in total. The van der Waals surface area contributed by atoms with E-state index in [9.17, 15) is 4.79 Å². The quantitative estimate of drug-likeness (QED) is 0.847. The van der Waals surface area contributed by atoms with Gasteiger partial charge in [0.1, 0.15) is 11.8 Å². The molecule has 0 saturated heterocycles. The molecule has 1 unspecified atom stereocenters. The van der Waals surface area contributed by atoms with Gasteiger partial charge in [0.05, 0.1) is 7.11 Å². The van der Waals surface area contributed by atoms with E-state index >= 15 is 0 Å². The molecule has 4 nitrogen and oxygen atoms in total. The summed E-state index contributed by atoms with van der Waals surface area (Å²) in [4.78, 5) is 12.6. The molecule has 0 saturated carbocycles. The number of hydrogen-bond acceptors (Lipinski definition) is 3. The van der Waals surface area contributed by atoms with Crippen LogP contribution in [0, 0.1) is 6.92 Å². The molecule has 0 aliphatic rings. The van der Waals surface area contributed by atoms with Gasteiger partial charge in [0.15, 0.2) is 0 Å². The minimum Gasteiger partial charge on any atom is -0.496 e. The Morgan fingerprint density at radius 2 is 2.12 bits per heavy atom. The molecule has 1 rings (SSSR count). The Hall–Kier alpha value is -1.71. The summed E-state index contributed by atoms with van der Waals surface area (Å²) >= 11 is 0. The number of aliphatic carboxylic acids is 1. The number of ether oxygens (including phenoxy) is 1. The van der Waals surface area contributed by atoms with Gasteiger partial charge in [-0.3, -0.25) is 0 Å². The molecule has 4 heteroatoms. The Morgan fingerprint density at radius 3 is 2.56 bits per heavy atom. The highest BCUT2D eigenvalue weighted by Gasteiger charge is 2.17. The molecule has 1 aromatic rings. The van der Waals surface area contributed by atoms with Crippen molar-refractivity contribution in [2.45, 2.75) is 19.9 Å². The van der Waals surface area contributed by atoms with Crippen LogP contribution in [0.5, 0.6) is 5.75 Å². The third-order valence-corrected chi connectivity index (χ3v) is 2.72. The second-order valence-electron chi connectivity index (χ2n) is 3.78. The minimum atomic E-state index is -0.837. The molecule has 0 spiro atoms. The highest BCUT2D eigenvalue weighted by molar-refractivity contribution is 5.77. The number of carbonyl (C=O) groups is 1. The molecule has 88 valence electrons. The SMILES string of the molecule is COc1ccc(N(C)C(C)C(=O)O)cc1C. The van der Waals surface area contributed by atoms with Crippen LogP contribution in [0.3, 0.4) is 0 Å². The van der Waals surface area contributed by atoms with E-state index in [2.05, 4.69) is 0 Å². The molecule has 0 bridgehead atoms. The van der Waals surface area contributed by atoms with Gasteiger partial charge in [0.25, 0.3) is 0 Å². The third-order valence-electron chi connectivity index (χ3n) is 2.72. The molecule has 0 aromatic heterocycles. The first kappa shape index (κ1) is 12.4. The van der Waals surface area contributed by atoms with E-state index in [0.717, 1.165) is 17.0 Å². The zero-order chi connectivity index (χ0) is 12.3. The van der Waals surface area contributed by atoms with Gasteiger partial charge in [-0.25, -0.2) is 4.79 Å². The maximum Gasteiger partial charge on any atom is 0.326 e. The van der Waals surface area contributed by atoms with Crippen molar-refractivity contribution in [2.75, 3.05) is 19.1 Å². The molecule has 1 atom stereocenters. The summed E-state index contributed by atoms with van der Waals surface area (Å²) in [7, 11) is 3.38. The predicted octanol–water partition coefficient (Wildman–Crippen LogP) is 1.91. The second kappa shape index (κ2) is 4.88. The summed E-state index contributed by atoms with van der Waals surface area (Å²) in [6, 6.07) is 5.06. The molecule has 0 radical (unpaired) electrons. The molecule has 16 heavy (non-hydrogen) atoms. The van der Waals surface area contributed by atoms with Crippen molar-refractivity contribution in [3.63, 3.8) is 0 Å². The summed E-state index contributed by atoms with van der Waals surface area (Å²) in [5.74, 6) is -0.0314. The van der Waals surface area contributed by atoms with Crippen LogP contribution in [0.15, 0.2) is 18.2 Å². The van der Waals surface area contributed by atoms with E-state index < -0.39 is 12.0 Å².